The SMILES string of the molecule is CCc1cc(C#CC(C)(C)O)cc(CC)c1. The van der Waals surface area contributed by atoms with E-state index in [9.17, 15) is 5.11 Å². The lowest BCUT2D eigenvalue weighted by Gasteiger charge is -2.07. The highest BCUT2D eigenvalue weighted by Gasteiger charge is 2.06. The average Bonchev–Trinajstić information content (AvgIpc) is 2.25. The van der Waals surface area contributed by atoms with E-state index in [1.54, 1.807) is 13.8 Å². The van der Waals surface area contributed by atoms with Crippen molar-refractivity contribution in [1.82, 2.24) is 0 Å². The second kappa shape index (κ2) is 5.18. The number of hydrogen-bond acceptors (Lipinski definition) is 1. The Labute approximate surface area is 98.5 Å². The minimum Gasteiger partial charge on any atom is -0.378 e. The lowest BCUT2D eigenvalue weighted by atomic mass is 10.0. The first-order valence-corrected chi connectivity index (χ1v) is 5.83. The third-order valence-corrected chi connectivity index (χ3v) is 2.38. The van der Waals surface area contributed by atoms with Crippen molar-refractivity contribution in [2.24, 2.45) is 0 Å². The molecule has 0 spiro atoms. The zero-order chi connectivity index (χ0) is 12.2. The Balaban J connectivity index is 3.07. The number of rotatable bonds is 2. The van der Waals surface area contributed by atoms with Gasteiger partial charge in [-0.05, 0) is 49.9 Å². The zero-order valence-corrected chi connectivity index (χ0v) is 10.6. The molecule has 0 aliphatic heterocycles. The fraction of sp³-hybridized carbons (Fsp3) is 0.467. The van der Waals surface area contributed by atoms with Gasteiger partial charge < -0.3 is 5.11 Å². The van der Waals surface area contributed by atoms with Crippen LogP contribution in [0.25, 0.3) is 0 Å². The van der Waals surface area contributed by atoms with E-state index in [4.69, 9.17) is 0 Å². The number of aliphatic hydroxyl groups is 1. The maximum Gasteiger partial charge on any atom is 0.120 e. The normalized spacial score (nSPS) is 10.8. The molecule has 1 heteroatoms. The predicted molar refractivity (Wildman–Crippen MR) is 68.4 cm³/mol. The van der Waals surface area contributed by atoms with E-state index in [1.165, 1.54) is 11.1 Å². The first-order chi connectivity index (χ1) is 7.44. The van der Waals surface area contributed by atoms with Crippen LogP contribution in [0, 0.1) is 11.8 Å². The Kier molecular flexibility index (Phi) is 4.15. The highest BCUT2D eigenvalue weighted by molar-refractivity contribution is 5.41. The van der Waals surface area contributed by atoms with Crippen molar-refractivity contribution in [3.8, 4) is 11.8 Å². The summed E-state index contributed by atoms with van der Waals surface area (Å²) in [7, 11) is 0. The second-order valence-electron chi connectivity index (χ2n) is 4.55. The third-order valence-electron chi connectivity index (χ3n) is 2.38. The van der Waals surface area contributed by atoms with Gasteiger partial charge in [-0.1, -0.05) is 31.8 Å². The van der Waals surface area contributed by atoms with Crippen LogP contribution in [0.2, 0.25) is 0 Å². The molecule has 0 aliphatic carbocycles. The van der Waals surface area contributed by atoms with E-state index in [0.717, 1.165) is 18.4 Å². The molecule has 1 rings (SSSR count). The summed E-state index contributed by atoms with van der Waals surface area (Å²) in [5.74, 6) is 5.88. The Morgan fingerprint density at radius 2 is 1.56 bits per heavy atom. The molecule has 1 aromatic rings. The topological polar surface area (TPSA) is 20.2 Å². The third kappa shape index (κ3) is 4.08. The molecule has 1 nitrogen and oxygen atoms in total. The molecule has 86 valence electrons. The van der Waals surface area contributed by atoms with Crippen LogP contribution in [-0.2, 0) is 12.8 Å². The van der Waals surface area contributed by atoms with Crippen LogP contribution in [0.4, 0.5) is 0 Å². The standard InChI is InChI=1S/C15H20O/c1-5-12-9-13(6-2)11-14(10-12)7-8-15(3,4)16/h9-11,16H,5-6H2,1-4H3. The van der Waals surface area contributed by atoms with E-state index in [0.29, 0.717) is 0 Å². The molecule has 16 heavy (non-hydrogen) atoms. The molecule has 0 saturated heterocycles. The Morgan fingerprint density at radius 3 is 1.94 bits per heavy atom. The van der Waals surface area contributed by atoms with E-state index in [1.807, 2.05) is 0 Å². The van der Waals surface area contributed by atoms with Gasteiger partial charge in [0.15, 0.2) is 0 Å². The molecule has 0 heterocycles. The lowest BCUT2D eigenvalue weighted by molar-refractivity contribution is 0.143. The van der Waals surface area contributed by atoms with E-state index >= 15 is 0 Å². The maximum absolute atomic E-state index is 9.56. The van der Waals surface area contributed by atoms with Crippen molar-refractivity contribution < 1.29 is 5.11 Å². The van der Waals surface area contributed by atoms with Crippen molar-refractivity contribution in [3.63, 3.8) is 0 Å². The number of aryl methyl sites for hydroxylation is 2. The van der Waals surface area contributed by atoms with Gasteiger partial charge >= 0.3 is 0 Å². The summed E-state index contributed by atoms with van der Waals surface area (Å²) in [6.45, 7) is 7.68. The zero-order valence-electron chi connectivity index (χ0n) is 10.6. The first-order valence-electron chi connectivity index (χ1n) is 5.83. The molecule has 0 atom stereocenters. The second-order valence-corrected chi connectivity index (χ2v) is 4.55. The molecule has 0 saturated carbocycles. The fourth-order valence-corrected chi connectivity index (χ4v) is 1.47. The van der Waals surface area contributed by atoms with Crippen LogP contribution in [0.1, 0.15) is 44.4 Å². The van der Waals surface area contributed by atoms with Gasteiger partial charge in [0.05, 0.1) is 0 Å². The molecule has 0 radical (unpaired) electrons. The van der Waals surface area contributed by atoms with Crippen molar-refractivity contribution in [1.29, 1.82) is 0 Å². The predicted octanol–water partition coefficient (Wildman–Crippen LogP) is 2.93. The van der Waals surface area contributed by atoms with Crippen molar-refractivity contribution in [2.75, 3.05) is 0 Å². The summed E-state index contributed by atoms with van der Waals surface area (Å²) in [5.41, 5.74) is 2.69. The Bertz CT molecular complexity index is 391. The fourth-order valence-electron chi connectivity index (χ4n) is 1.47. The van der Waals surface area contributed by atoms with E-state index in [2.05, 4.69) is 43.9 Å². The minimum atomic E-state index is -0.922. The summed E-state index contributed by atoms with van der Waals surface area (Å²) < 4.78 is 0. The number of benzene rings is 1. The van der Waals surface area contributed by atoms with Gasteiger partial charge in [0.25, 0.3) is 0 Å². The minimum absolute atomic E-state index is 0.922. The summed E-state index contributed by atoms with van der Waals surface area (Å²) in [6.07, 6.45) is 2.04. The van der Waals surface area contributed by atoms with E-state index < -0.39 is 5.60 Å². The average molecular weight is 216 g/mol. The Morgan fingerprint density at radius 1 is 1.06 bits per heavy atom. The molecule has 0 bridgehead atoms. The molecular weight excluding hydrogens is 196 g/mol. The van der Waals surface area contributed by atoms with Crippen LogP contribution in [0.15, 0.2) is 18.2 Å². The van der Waals surface area contributed by atoms with Gasteiger partial charge in [0.2, 0.25) is 0 Å². The Hall–Kier alpha value is -1.26. The first kappa shape index (κ1) is 12.8. The van der Waals surface area contributed by atoms with Crippen LogP contribution in [-0.4, -0.2) is 10.7 Å². The quantitative estimate of drug-likeness (QED) is 0.754. The largest absolute Gasteiger partial charge is 0.378 e. The molecule has 1 aromatic carbocycles. The van der Waals surface area contributed by atoms with Crippen LogP contribution in [0.3, 0.4) is 0 Å². The smallest absolute Gasteiger partial charge is 0.120 e. The summed E-state index contributed by atoms with van der Waals surface area (Å²) >= 11 is 0. The van der Waals surface area contributed by atoms with Crippen LogP contribution >= 0.6 is 0 Å². The highest BCUT2D eigenvalue weighted by Crippen LogP contribution is 2.11. The van der Waals surface area contributed by atoms with Gasteiger partial charge in [-0.15, -0.1) is 0 Å². The molecule has 1 N–H and O–H groups in total. The molecule has 0 fully saturated rings. The summed E-state index contributed by atoms with van der Waals surface area (Å²) in [4.78, 5) is 0. The van der Waals surface area contributed by atoms with Crippen molar-refractivity contribution in [2.45, 2.75) is 46.1 Å². The summed E-state index contributed by atoms with van der Waals surface area (Å²) in [5, 5.41) is 9.56. The van der Waals surface area contributed by atoms with Gasteiger partial charge in [0.1, 0.15) is 5.60 Å². The van der Waals surface area contributed by atoms with Crippen LogP contribution in [0.5, 0.6) is 0 Å². The molecule has 0 amide bonds. The van der Waals surface area contributed by atoms with Crippen molar-refractivity contribution in [3.05, 3.63) is 34.9 Å². The lowest BCUT2D eigenvalue weighted by Crippen LogP contribution is -2.14. The molecular formula is C15H20O. The van der Waals surface area contributed by atoms with E-state index in [-0.39, 0.29) is 0 Å². The van der Waals surface area contributed by atoms with Crippen molar-refractivity contribution >= 4 is 0 Å². The van der Waals surface area contributed by atoms with Crippen LogP contribution < -0.4 is 0 Å². The summed E-state index contributed by atoms with van der Waals surface area (Å²) in [6, 6.07) is 6.41. The van der Waals surface area contributed by atoms with Gasteiger partial charge in [-0.25, -0.2) is 0 Å². The van der Waals surface area contributed by atoms with Gasteiger partial charge in [-0.2, -0.15) is 0 Å². The number of hydrogen-bond donors (Lipinski definition) is 1. The van der Waals surface area contributed by atoms with Gasteiger partial charge in [-0.3, -0.25) is 0 Å². The highest BCUT2D eigenvalue weighted by atomic mass is 16.3. The maximum atomic E-state index is 9.56. The molecule has 0 aromatic heterocycles. The molecule has 0 aliphatic rings. The van der Waals surface area contributed by atoms with Gasteiger partial charge in [0, 0.05) is 5.56 Å². The molecule has 0 unspecified atom stereocenters. The monoisotopic (exact) mass is 216 g/mol.